The topological polar surface area (TPSA) is 61.4 Å². The number of nitrogens with zero attached hydrogens (tertiary/aromatic N) is 1. The second-order valence-electron chi connectivity index (χ2n) is 6.58. The van der Waals surface area contributed by atoms with Crippen molar-refractivity contribution >= 4 is 29.3 Å². The highest BCUT2D eigenvalue weighted by molar-refractivity contribution is 7.99. The minimum Gasteiger partial charge on any atom is -0.341 e. The standard InChI is InChI=1S/C18H25N3O2S/c1-13-2-4-16(5-3-13)20-17(22)14-10-15(12-19-11-14)18(23)21-6-8-24-9-7-21/h2-5,14-15,19H,6-12H2,1H3,(H,20,22)/t14-,15+/m0/s1. The van der Waals surface area contributed by atoms with Crippen LogP contribution in [0.5, 0.6) is 0 Å². The maximum absolute atomic E-state index is 12.7. The molecule has 2 saturated heterocycles. The molecule has 1 aromatic carbocycles. The highest BCUT2D eigenvalue weighted by Crippen LogP contribution is 2.22. The van der Waals surface area contributed by atoms with Gasteiger partial charge in [-0.15, -0.1) is 0 Å². The quantitative estimate of drug-likeness (QED) is 0.874. The third kappa shape index (κ3) is 4.30. The van der Waals surface area contributed by atoms with Crippen LogP contribution in [0.4, 0.5) is 5.69 Å². The molecule has 1 aromatic rings. The first-order chi connectivity index (χ1) is 11.6. The minimum atomic E-state index is -0.159. The average Bonchev–Trinajstić information content (AvgIpc) is 2.64. The highest BCUT2D eigenvalue weighted by atomic mass is 32.2. The summed E-state index contributed by atoms with van der Waals surface area (Å²) in [5.74, 6) is 1.99. The number of thioether (sulfide) groups is 1. The zero-order valence-corrected chi connectivity index (χ0v) is 14.9. The van der Waals surface area contributed by atoms with Crippen molar-refractivity contribution in [3.05, 3.63) is 29.8 Å². The van der Waals surface area contributed by atoms with E-state index in [0.29, 0.717) is 19.5 Å². The molecule has 0 aliphatic carbocycles. The van der Waals surface area contributed by atoms with Gasteiger partial charge < -0.3 is 15.5 Å². The van der Waals surface area contributed by atoms with E-state index in [1.54, 1.807) is 0 Å². The van der Waals surface area contributed by atoms with Crippen molar-refractivity contribution in [2.75, 3.05) is 43.0 Å². The molecule has 2 amide bonds. The second-order valence-corrected chi connectivity index (χ2v) is 7.81. The number of hydrogen-bond acceptors (Lipinski definition) is 4. The first kappa shape index (κ1) is 17.3. The van der Waals surface area contributed by atoms with E-state index in [0.717, 1.165) is 35.8 Å². The molecule has 2 atom stereocenters. The molecule has 24 heavy (non-hydrogen) atoms. The molecule has 3 rings (SSSR count). The van der Waals surface area contributed by atoms with Gasteiger partial charge in [-0.1, -0.05) is 17.7 Å². The van der Waals surface area contributed by atoms with E-state index in [-0.39, 0.29) is 23.7 Å². The third-order valence-corrected chi connectivity index (χ3v) is 5.65. The molecule has 0 saturated carbocycles. The number of aryl methyl sites for hydroxylation is 1. The zero-order chi connectivity index (χ0) is 16.9. The summed E-state index contributed by atoms with van der Waals surface area (Å²) in [7, 11) is 0. The number of piperidine rings is 1. The molecule has 2 N–H and O–H groups in total. The second kappa shape index (κ2) is 8.03. The van der Waals surface area contributed by atoms with Crippen molar-refractivity contribution in [1.29, 1.82) is 0 Å². The summed E-state index contributed by atoms with van der Waals surface area (Å²) < 4.78 is 0. The monoisotopic (exact) mass is 347 g/mol. The first-order valence-corrected chi connectivity index (χ1v) is 9.74. The Labute approximate surface area is 147 Å². The first-order valence-electron chi connectivity index (χ1n) is 8.58. The molecule has 130 valence electrons. The third-order valence-electron chi connectivity index (χ3n) is 4.71. The Kier molecular flexibility index (Phi) is 5.79. The number of rotatable bonds is 3. The van der Waals surface area contributed by atoms with Crippen molar-refractivity contribution in [2.45, 2.75) is 13.3 Å². The van der Waals surface area contributed by atoms with Crippen molar-refractivity contribution in [2.24, 2.45) is 11.8 Å². The van der Waals surface area contributed by atoms with Gasteiger partial charge in [0, 0.05) is 43.4 Å². The predicted octanol–water partition coefficient (Wildman–Crippen LogP) is 1.73. The van der Waals surface area contributed by atoms with E-state index in [9.17, 15) is 9.59 Å². The Balaban J connectivity index is 1.57. The number of carbonyl (C=O) groups excluding carboxylic acids is 2. The fourth-order valence-corrected chi connectivity index (χ4v) is 4.16. The maximum Gasteiger partial charge on any atom is 0.228 e. The van der Waals surface area contributed by atoms with Crippen LogP contribution in [-0.2, 0) is 9.59 Å². The molecule has 2 heterocycles. The Hall–Kier alpha value is -1.53. The normalized spacial score (nSPS) is 24.5. The Morgan fingerprint density at radius 1 is 1.12 bits per heavy atom. The molecule has 0 spiro atoms. The molecule has 0 bridgehead atoms. The van der Waals surface area contributed by atoms with Gasteiger partial charge in [-0.2, -0.15) is 11.8 Å². The lowest BCUT2D eigenvalue weighted by Crippen LogP contribution is -2.49. The van der Waals surface area contributed by atoms with Crippen molar-refractivity contribution < 1.29 is 9.59 Å². The average molecular weight is 347 g/mol. The predicted molar refractivity (Wildman–Crippen MR) is 98.2 cm³/mol. The van der Waals surface area contributed by atoms with E-state index < -0.39 is 0 Å². The van der Waals surface area contributed by atoms with E-state index in [1.807, 2.05) is 47.9 Å². The molecule has 2 aliphatic rings. The van der Waals surface area contributed by atoms with Crippen LogP contribution in [0.2, 0.25) is 0 Å². The summed E-state index contributed by atoms with van der Waals surface area (Å²) in [6.07, 6.45) is 0.632. The number of amides is 2. The van der Waals surface area contributed by atoms with Crippen LogP contribution in [0, 0.1) is 18.8 Å². The zero-order valence-electron chi connectivity index (χ0n) is 14.1. The van der Waals surface area contributed by atoms with Gasteiger partial charge in [0.2, 0.25) is 11.8 Å². The fraction of sp³-hybridized carbons (Fsp3) is 0.556. The molecule has 0 aromatic heterocycles. The molecule has 0 radical (unpaired) electrons. The maximum atomic E-state index is 12.7. The van der Waals surface area contributed by atoms with Gasteiger partial charge in [0.25, 0.3) is 0 Å². The number of benzene rings is 1. The van der Waals surface area contributed by atoms with E-state index in [1.165, 1.54) is 0 Å². The van der Waals surface area contributed by atoms with Gasteiger partial charge in [0.15, 0.2) is 0 Å². The number of hydrogen-bond donors (Lipinski definition) is 2. The van der Waals surface area contributed by atoms with Gasteiger partial charge >= 0.3 is 0 Å². The lowest BCUT2D eigenvalue weighted by molar-refractivity contribution is -0.136. The lowest BCUT2D eigenvalue weighted by Gasteiger charge is -2.34. The van der Waals surface area contributed by atoms with Crippen LogP contribution in [0.3, 0.4) is 0 Å². The number of anilines is 1. The van der Waals surface area contributed by atoms with Crippen LogP contribution < -0.4 is 10.6 Å². The molecule has 2 fully saturated rings. The van der Waals surface area contributed by atoms with Gasteiger partial charge in [-0.25, -0.2) is 0 Å². The summed E-state index contributed by atoms with van der Waals surface area (Å²) in [6.45, 7) is 5.00. The minimum absolute atomic E-state index is 0.00180. The van der Waals surface area contributed by atoms with E-state index in [4.69, 9.17) is 0 Å². The molecule has 5 nitrogen and oxygen atoms in total. The summed E-state index contributed by atoms with van der Waals surface area (Å²) in [5.41, 5.74) is 1.98. The van der Waals surface area contributed by atoms with Gasteiger partial charge in [-0.3, -0.25) is 9.59 Å². The molecule has 0 unspecified atom stereocenters. The van der Waals surface area contributed by atoms with Gasteiger partial charge in [0.1, 0.15) is 0 Å². The lowest BCUT2D eigenvalue weighted by atomic mass is 9.88. The summed E-state index contributed by atoms with van der Waals surface area (Å²) in [6, 6.07) is 7.79. The molecular formula is C18H25N3O2S. The Bertz CT molecular complexity index is 584. The van der Waals surface area contributed by atoms with Crippen LogP contribution in [0.1, 0.15) is 12.0 Å². The van der Waals surface area contributed by atoms with Gasteiger partial charge in [0.05, 0.1) is 11.8 Å². The van der Waals surface area contributed by atoms with E-state index >= 15 is 0 Å². The van der Waals surface area contributed by atoms with Crippen molar-refractivity contribution in [3.63, 3.8) is 0 Å². The van der Waals surface area contributed by atoms with Crippen LogP contribution >= 0.6 is 11.8 Å². The largest absolute Gasteiger partial charge is 0.341 e. The number of carbonyl (C=O) groups is 2. The smallest absolute Gasteiger partial charge is 0.228 e. The summed E-state index contributed by atoms with van der Waals surface area (Å²) >= 11 is 1.90. The molecular weight excluding hydrogens is 322 g/mol. The SMILES string of the molecule is Cc1ccc(NC(=O)[C@@H]2CNC[C@H](C(=O)N3CCSCC3)C2)cc1. The summed E-state index contributed by atoms with van der Waals surface area (Å²) in [5, 5.41) is 6.24. The number of nitrogens with one attached hydrogen (secondary N) is 2. The fourth-order valence-electron chi connectivity index (χ4n) is 3.25. The Morgan fingerprint density at radius 2 is 1.79 bits per heavy atom. The molecule has 6 heteroatoms. The van der Waals surface area contributed by atoms with Crippen molar-refractivity contribution in [3.8, 4) is 0 Å². The van der Waals surface area contributed by atoms with Gasteiger partial charge in [-0.05, 0) is 25.5 Å². The van der Waals surface area contributed by atoms with Crippen LogP contribution in [0.15, 0.2) is 24.3 Å². The highest BCUT2D eigenvalue weighted by Gasteiger charge is 2.33. The Morgan fingerprint density at radius 3 is 2.50 bits per heavy atom. The summed E-state index contributed by atoms with van der Waals surface area (Å²) in [4.78, 5) is 27.1. The van der Waals surface area contributed by atoms with Crippen molar-refractivity contribution in [1.82, 2.24) is 10.2 Å². The van der Waals surface area contributed by atoms with Crippen LogP contribution in [0.25, 0.3) is 0 Å². The van der Waals surface area contributed by atoms with Crippen LogP contribution in [-0.4, -0.2) is 54.4 Å². The molecule has 2 aliphatic heterocycles. The van der Waals surface area contributed by atoms with E-state index in [2.05, 4.69) is 10.6 Å².